The van der Waals surface area contributed by atoms with Gasteiger partial charge in [0.1, 0.15) is 0 Å². The zero-order valence-electron chi connectivity index (χ0n) is 19.5. The first-order valence-electron chi connectivity index (χ1n) is 11.7. The fraction of sp³-hybridized carbons (Fsp3) is 0.667. The number of nitrogens with one attached hydrogen (secondary N) is 2. The SMILES string of the molecule is CCNC(=NCc1ccc(C(=O)N(C)C)cc1)NCC1(N2CCOCC2)CCCCC1. The van der Waals surface area contributed by atoms with Gasteiger partial charge < -0.3 is 20.3 Å². The van der Waals surface area contributed by atoms with Gasteiger partial charge in [-0.15, -0.1) is 0 Å². The highest BCUT2D eigenvalue weighted by Crippen LogP contribution is 2.33. The molecule has 0 aromatic heterocycles. The van der Waals surface area contributed by atoms with Crippen molar-refractivity contribution >= 4 is 11.9 Å². The fourth-order valence-electron chi connectivity index (χ4n) is 4.62. The molecule has 1 aromatic carbocycles. The van der Waals surface area contributed by atoms with Gasteiger partial charge in [-0.3, -0.25) is 9.69 Å². The van der Waals surface area contributed by atoms with E-state index in [-0.39, 0.29) is 11.4 Å². The van der Waals surface area contributed by atoms with Gasteiger partial charge in [0.25, 0.3) is 5.91 Å². The van der Waals surface area contributed by atoms with Crippen LogP contribution in [-0.4, -0.2) is 80.7 Å². The Morgan fingerprint density at radius 1 is 1.10 bits per heavy atom. The summed E-state index contributed by atoms with van der Waals surface area (Å²) in [6.45, 7) is 8.13. The molecule has 1 saturated heterocycles. The second-order valence-corrected chi connectivity index (χ2v) is 8.83. The number of nitrogens with zero attached hydrogens (tertiary/aromatic N) is 3. The number of hydrogen-bond donors (Lipinski definition) is 2. The van der Waals surface area contributed by atoms with Crippen molar-refractivity contribution in [3.05, 3.63) is 35.4 Å². The maximum Gasteiger partial charge on any atom is 0.253 e. The van der Waals surface area contributed by atoms with Crippen molar-refractivity contribution in [3.63, 3.8) is 0 Å². The fourth-order valence-corrected chi connectivity index (χ4v) is 4.62. The smallest absolute Gasteiger partial charge is 0.253 e. The molecule has 7 heteroatoms. The zero-order chi connectivity index (χ0) is 22.1. The largest absolute Gasteiger partial charge is 0.379 e. The van der Waals surface area contributed by atoms with E-state index in [1.807, 2.05) is 24.3 Å². The second-order valence-electron chi connectivity index (χ2n) is 8.83. The average Bonchev–Trinajstić information content (AvgIpc) is 2.82. The molecule has 3 rings (SSSR count). The highest BCUT2D eigenvalue weighted by Gasteiger charge is 2.38. The summed E-state index contributed by atoms with van der Waals surface area (Å²) in [5.41, 5.74) is 1.99. The van der Waals surface area contributed by atoms with E-state index in [9.17, 15) is 4.79 Å². The molecule has 1 amide bonds. The maximum atomic E-state index is 12.1. The Bertz CT molecular complexity index is 720. The molecular formula is C24H39N5O2. The molecule has 0 radical (unpaired) electrons. The van der Waals surface area contributed by atoms with Gasteiger partial charge in [-0.2, -0.15) is 0 Å². The van der Waals surface area contributed by atoms with Crippen molar-refractivity contribution in [3.8, 4) is 0 Å². The normalized spacial score (nSPS) is 19.6. The van der Waals surface area contributed by atoms with E-state index in [1.54, 1.807) is 19.0 Å². The van der Waals surface area contributed by atoms with Crippen LogP contribution in [0.1, 0.15) is 54.9 Å². The molecule has 0 spiro atoms. The third-order valence-corrected chi connectivity index (χ3v) is 6.42. The van der Waals surface area contributed by atoms with Crippen LogP contribution in [0.4, 0.5) is 0 Å². The minimum atomic E-state index is 0.0194. The van der Waals surface area contributed by atoms with Gasteiger partial charge in [0.2, 0.25) is 0 Å². The molecule has 1 heterocycles. The first-order chi connectivity index (χ1) is 15.0. The van der Waals surface area contributed by atoms with Gasteiger partial charge in [-0.05, 0) is 37.5 Å². The third-order valence-electron chi connectivity index (χ3n) is 6.42. The van der Waals surface area contributed by atoms with E-state index >= 15 is 0 Å². The van der Waals surface area contributed by atoms with Crippen LogP contribution < -0.4 is 10.6 Å². The van der Waals surface area contributed by atoms with E-state index in [4.69, 9.17) is 9.73 Å². The Balaban J connectivity index is 1.63. The number of amides is 1. The standard InChI is InChI=1S/C24H39N5O2/c1-4-25-23(26-18-20-8-10-21(11-9-20)22(30)28(2)3)27-19-24(12-6-5-7-13-24)29-14-16-31-17-15-29/h8-11H,4-7,12-19H2,1-3H3,(H2,25,26,27). The van der Waals surface area contributed by atoms with Crippen molar-refractivity contribution in [2.75, 3.05) is 53.5 Å². The van der Waals surface area contributed by atoms with Crippen LogP contribution in [0.15, 0.2) is 29.3 Å². The van der Waals surface area contributed by atoms with Gasteiger partial charge >= 0.3 is 0 Å². The van der Waals surface area contributed by atoms with Crippen LogP contribution in [0.25, 0.3) is 0 Å². The molecule has 0 unspecified atom stereocenters. The molecule has 172 valence electrons. The molecule has 31 heavy (non-hydrogen) atoms. The lowest BCUT2D eigenvalue weighted by atomic mass is 9.80. The molecule has 0 bridgehead atoms. The van der Waals surface area contributed by atoms with Gasteiger partial charge in [0, 0.05) is 51.4 Å². The van der Waals surface area contributed by atoms with Crippen molar-refractivity contribution < 1.29 is 9.53 Å². The minimum Gasteiger partial charge on any atom is -0.379 e. The lowest BCUT2D eigenvalue weighted by molar-refractivity contribution is -0.0352. The summed E-state index contributed by atoms with van der Waals surface area (Å²) in [6, 6.07) is 7.73. The molecule has 1 aliphatic carbocycles. The van der Waals surface area contributed by atoms with Crippen LogP contribution in [-0.2, 0) is 11.3 Å². The molecule has 0 atom stereocenters. The van der Waals surface area contributed by atoms with Crippen LogP contribution in [0.3, 0.4) is 0 Å². The number of benzene rings is 1. The summed E-state index contributed by atoms with van der Waals surface area (Å²) in [7, 11) is 3.54. The summed E-state index contributed by atoms with van der Waals surface area (Å²) in [5, 5.41) is 7.03. The topological polar surface area (TPSA) is 69.2 Å². The minimum absolute atomic E-state index is 0.0194. The molecule has 1 aromatic rings. The predicted molar refractivity (Wildman–Crippen MR) is 125 cm³/mol. The zero-order valence-corrected chi connectivity index (χ0v) is 19.5. The second kappa shape index (κ2) is 11.5. The van der Waals surface area contributed by atoms with Crippen LogP contribution >= 0.6 is 0 Å². The Morgan fingerprint density at radius 2 is 1.77 bits per heavy atom. The Kier molecular flexibility index (Phi) is 8.72. The summed E-state index contributed by atoms with van der Waals surface area (Å²) in [4.78, 5) is 21.1. The summed E-state index contributed by atoms with van der Waals surface area (Å²) >= 11 is 0. The summed E-state index contributed by atoms with van der Waals surface area (Å²) in [5.74, 6) is 0.875. The van der Waals surface area contributed by atoms with Gasteiger partial charge in [0.15, 0.2) is 5.96 Å². The highest BCUT2D eigenvalue weighted by atomic mass is 16.5. The quantitative estimate of drug-likeness (QED) is 0.515. The lowest BCUT2D eigenvalue weighted by Crippen LogP contribution is -2.60. The maximum absolute atomic E-state index is 12.1. The monoisotopic (exact) mass is 429 g/mol. The molecule has 1 aliphatic heterocycles. The van der Waals surface area contributed by atoms with E-state index in [2.05, 4.69) is 22.5 Å². The predicted octanol–water partition coefficient (Wildman–Crippen LogP) is 2.48. The number of carbonyl (C=O) groups excluding carboxylic acids is 1. The van der Waals surface area contributed by atoms with Crippen molar-refractivity contribution in [1.82, 2.24) is 20.4 Å². The van der Waals surface area contributed by atoms with Crippen LogP contribution in [0.5, 0.6) is 0 Å². The Hall–Kier alpha value is -2.12. The van der Waals surface area contributed by atoms with Crippen molar-refractivity contribution in [2.24, 2.45) is 4.99 Å². The number of aliphatic imine (C=N–C) groups is 1. The highest BCUT2D eigenvalue weighted by molar-refractivity contribution is 5.93. The number of hydrogen-bond acceptors (Lipinski definition) is 4. The van der Waals surface area contributed by atoms with Crippen LogP contribution in [0, 0.1) is 0 Å². The summed E-state index contributed by atoms with van der Waals surface area (Å²) in [6.07, 6.45) is 6.41. The first-order valence-corrected chi connectivity index (χ1v) is 11.7. The number of ether oxygens (including phenoxy) is 1. The van der Waals surface area contributed by atoms with E-state index < -0.39 is 0 Å². The molecule has 7 nitrogen and oxygen atoms in total. The first kappa shape index (κ1) is 23.5. The molecular weight excluding hydrogens is 390 g/mol. The van der Waals surface area contributed by atoms with E-state index in [0.717, 1.165) is 50.9 Å². The lowest BCUT2D eigenvalue weighted by Gasteiger charge is -2.48. The molecule has 2 fully saturated rings. The number of carbonyl (C=O) groups is 1. The van der Waals surface area contributed by atoms with Crippen LogP contribution in [0.2, 0.25) is 0 Å². The Labute approximate surface area is 187 Å². The van der Waals surface area contributed by atoms with Crippen molar-refractivity contribution in [2.45, 2.75) is 51.1 Å². The van der Waals surface area contributed by atoms with Gasteiger partial charge in [-0.1, -0.05) is 31.4 Å². The van der Waals surface area contributed by atoms with E-state index in [0.29, 0.717) is 12.1 Å². The number of rotatable bonds is 7. The molecule has 2 N–H and O–H groups in total. The number of guanidine groups is 1. The molecule has 2 aliphatic rings. The summed E-state index contributed by atoms with van der Waals surface area (Å²) < 4.78 is 5.60. The van der Waals surface area contributed by atoms with Crippen molar-refractivity contribution in [1.29, 1.82) is 0 Å². The third kappa shape index (κ3) is 6.43. The van der Waals surface area contributed by atoms with Gasteiger partial charge in [-0.25, -0.2) is 4.99 Å². The molecule has 1 saturated carbocycles. The van der Waals surface area contributed by atoms with Gasteiger partial charge in [0.05, 0.1) is 19.8 Å². The van der Waals surface area contributed by atoms with E-state index in [1.165, 1.54) is 32.1 Å². The Morgan fingerprint density at radius 3 is 2.39 bits per heavy atom. The average molecular weight is 430 g/mol. The number of morpholine rings is 1.